The molecule has 1 aliphatic rings. The predicted octanol–water partition coefficient (Wildman–Crippen LogP) is 3.97. The third-order valence-electron chi connectivity index (χ3n) is 3.96. The van der Waals surface area contributed by atoms with Crippen molar-refractivity contribution < 1.29 is 23.0 Å². The monoisotopic (exact) mass is 394 g/mol. The number of aryl methyl sites for hydroxylation is 1. The van der Waals surface area contributed by atoms with Crippen LogP contribution in [0.5, 0.6) is 5.75 Å². The summed E-state index contributed by atoms with van der Waals surface area (Å²) in [5, 5.41) is 18.3. The number of nitrogens with zero attached hydrogens (tertiary/aromatic N) is 3. The van der Waals surface area contributed by atoms with Crippen molar-refractivity contribution in [3.05, 3.63) is 64.0 Å². The maximum Gasteiger partial charge on any atom is 0.573 e. The topological polar surface area (TPSA) is 74.3 Å². The van der Waals surface area contributed by atoms with E-state index in [0.29, 0.717) is 16.3 Å². The van der Waals surface area contributed by atoms with Gasteiger partial charge in [0.15, 0.2) is 6.23 Å². The average molecular weight is 394 g/mol. The zero-order valence-electron chi connectivity index (χ0n) is 13.9. The lowest BCUT2D eigenvalue weighted by Crippen LogP contribution is -2.27. The Labute approximate surface area is 155 Å². The minimum atomic E-state index is -4.75. The molecule has 1 unspecified atom stereocenters. The summed E-state index contributed by atoms with van der Waals surface area (Å²) in [6, 6.07) is 5.31. The number of aromatic nitrogens is 3. The molecule has 1 atom stereocenters. The lowest BCUT2D eigenvalue weighted by molar-refractivity contribution is -0.274. The van der Waals surface area contributed by atoms with Gasteiger partial charge in [-0.05, 0) is 31.2 Å². The Balaban J connectivity index is 1.73. The maximum atomic E-state index is 12.3. The number of benzene rings is 1. The summed E-state index contributed by atoms with van der Waals surface area (Å²) in [5.74, 6) is -0.328. The van der Waals surface area contributed by atoms with E-state index in [4.69, 9.17) is 0 Å². The SMILES string of the molecule is Cc1nc2c(s1)C(O)N(c1ccc(OC(F)(F)F)cc1)C=C2c1cn[nH]c1. The number of fused-ring (bicyclic) bond motifs is 1. The highest BCUT2D eigenvalue weighted by molar-refractivity contribution is 7.11. The van der Waals surface area contributed by atoms with Crippen molar-refractivity contribution in [2.24, 2.45) is 0 Å². The first-order valence-electron chi connectivity index (χ1n) is 7.83. The van der Waals surface area contributed by atoms with Crippen LogP contribution in [0.2, 0.25) is 0 Å². The predicted molar refractivity (Wildman–Crippen MR) is 93.1 cm³/mol. The molecule has 10 heteroatoms. The molecule has 0 saturated carbocycles. The lowest BCUT2D eigenvalue weighted by atomic mass is 10.0. The normalized spacial score (nSPS) is 16.9. The molecule has 1 aliphatic heterocycles. The van der Waals surface area contributed by atoms with Gasteiger partial charge >= 0.3 is 6.36 Å². The van der Waals surface area contributed by atoms with E-state index in [1.165, 1.54) is 35.6 Å². The zero-order chi connectivity index (χ0) is 19.2. The molecule has 0 aliphatic carbocycles. The van der Waals surface area contributed by atoms with E-state index < -0.39 is 12.6 Å². The van der Waals surface area contributed by atoms with E-state index in [9.17, 15) is 18.3 Å². The van der Waals surface area contributed by atoms with Crippen LogP contribution in [0.25, 0.3) is 5.57 Å². The molecular formula is C17H13F3N4O2S. The number of aromatic amines is 1. The lowest BCUT2D eigenvalue weighted by Gasteiger charge is -2.31. The molecule has 4 rings (SSSR count). The van der Waals surface area contributed by atoms with E-state index in [2.05, 4.69) is 19.9 Å². The standard InChI is InChI=1S/C17H13F3N4O2S/c1-9-23-14-13(10-6-21-22-7-10)8-24(16(25)15(14)27-9)11-2-4-12(5-3-11)26-17(18,19)20/h2-8,16,25H,1H3,(H,21,22). The highest BCUT2D eigenvalue weighted by Crippen LogP contribution is 2.41. The van der Waals surface area contributed by atoms with Crippen molar-refractivity contribution >= 4 is 22.6 Å². The molecule has 6 nitrogen and oxygen atoms in total. The number of ether oxygens (including phenoxy) is 1. The van der Waals surface area contributed by atoms with E-state index in [0.717, 1.165) is 16.1 Å². The van der Waals surface area contributed by atoms with Crippen LogP contribution in [0.1, 0.15) is 27.4 Å². The summed E-state index contributed by atoms with van der Waals surface area (Å²) in [6.45, 7) is 1.84. The highest BCUT2D eigenvalue weighted by Gasteiger charge is 2.32. The van der Waals surface area contributed by atoms with E-state index in [1.807, 2.05) is 6.92 Å². The first kappa shape index (κ1) is 17.6. The van der Waals surface area contributed by atoms with Crippen LogP contribution in [0.3, 0.4) is 0 Å². The molecular weight excluding hydrogens is 381 g/mol. The average Bonchev–Trinajstić information content (AvgIpc) is 3.24. The van der Waals surface area contributed by atoms with Crippen LogP contribution < -0.4 is 9.64 Å². The largest absolute Gasteiger partial charge is 0.573 e. The Morgan fingerprint density at radius 1 is 1.26 bits per heavy atom. The molecule has 0 saturated heterocycles. The van der Waals surface area contributed by atoms with Gasteiger partial charge in [0.2, 0.25) is 0 Å². The smallest absolute Gasteiger partial charge is 0.406 e. The third-order valence-corrected chi connectivity index (χ3v) is 4.97. The van der Waals surface area contributed by atoms with Crippen molar-refractivity contribution in [3.63, 3.8) is 0 Å². The van der Waals surface area contributed by atoms with Gasteiger partial charge in [0.25, 0.3) is 0 Å². The van der Waals surface area contributed by atoms with E-state index in [1.54, 1.807) is 23.5 Å². The summed E-state index contributed by atoms with van der Waals surface area (Å²) in [4.78, 5) is 6.72. The van der Waals surface area contributed by atoms with Gasteiger partial charge in [-0.25, -0.2) is 4.98 Å². The van der Waals surface area contributed by atoms with E-state index >= 15 is 0 Å². The number of thiazole rings is 1. The molecule has 27 heavy (non-hydrogen) atoms. The van der Waals surface area contributed by atoms with Crippen molar-refractivity contribution in [3.8, 4) is 5.75 Å². The van der Waals surface area contributed by atoms with Crippen LogP contribution >= 0.6 is 11.3 Å². The van der Waals surface area contributed by atoms with Gasteiger partial charge in [-0.15, -0.1) is 24.5 Å². The Morgan fingerprint density at radius 2 is 2.00 bits per heavy atom. The quantitative estimate of drug-likeness (QED) is 0.703. The second kappa shape index (κ2) is 6.39. The minimum absolute atomic E-state index is 0.328. The Hall–Kier alpha value is -2.85. The van der Waals surface area contributed by atoms with Gasteiger partial charge < -0.3 is 14.7 Å². The van der Waals surface area contributed by atoms with Crippen molar-refractivity contribution in [2.45, 2.75) is 19.5 Å². The van der Waals surface area contributed by atoms with Crippen LogP contribution in [0.4, 0.5) is 18.9 Å². The molecule has 3 aromatic rings. The molecule has 0 bridgehead atoms. The van der Waals surface area contributed by atoms with Crippen LogP contribution in [-0.2, 0) is 0 Å². The Morgan fingerprint density at radius 3 is 2.63 bits per heavy atom. The van der Waals surface area contributed by atoms with Gasteiger partial charge in [0.05, 0.1) is 21.8 Å². The van der Waals surface area contributed by atoms with Crippen LogP contribution in [0.15, 0.2) is 42.9 Å². The van der Waals surface area contributed by atoms with Crippen molar-refractivity contribution in [1.82, 2.24) is 15.2 Å². The number of hydrogen-bond donors (Lipinski definition) is 2. The first-order chi connectivity index (χ1) is 12.8. The van der Waals surface area contributed by atoms with Crippen LogP contribution in [-0.4, -0.2) is 26.7 Å². The summed E-state index contributed by atoms with van der Waals surface area (Å²) < 4.78 is 40.9. The van der Waals surface area contributed by atoms with Crippen molar-refractivity contribution in [2.75, 3.05) is 4.90 Å². The zero-order valence-corrected chi connectivity index (χ0v) is 14.7. The summed E-state index contributed by atoms with van der Waals surface area (Å²) in [6.07, 6.45) is -0.705. The molecule has 140 valence electrons. The summed E-state index contributed by atoms with van der Waals surface area (Å²) in [5.41, 5.74) is 2.72. The number of nitrogens with one attached hydrogen (secondary N) is 1. The fourth-order valence-electron chi connectivity index (χ4n) is 2.85. The van der Waals surface area contributed by atoms with Gasteiger partial charge in [-0.3, -0.25) is 5.10 Å². The molecule has 1 aromatic carbocycles. The number of rotatable bonds is 3. The fourth-order valence-corrected chi connectivity index (χ4v) is 3.78. The number of aliphatic hydroxyl groups is 1. The highest BCUT2D eigenvalue weighted by atomic mass is 32.1. The molecule has 2 aromatic heterocycles. The maximum absolute atomic E-state index is 12.3. The van der Waals surface area contributed by atoms with Gasteiger partial charge in [0, 0.05) is 29.2 Å². The van der Waals surface area contributed by atoms with Gasteiger partial charge in [-0.2, -0.15) is 5.10 Å². The number of aliphatic hydroxyl groups excluding tert-OH is 1. The number of H-pyrrole nitrogens is 1. The number of halogens is 3. The fraction of sp³-hybridized carbons (Fsp3) is 0.176. The minimum Gasteiger partial charge on any atom is -0.406 e. The van der Waals surface area contributed by atoms with E-state index in [-0.39, 0.29) is 5.75 Å². The second-order valence-electron chi connectivity index (χ2n) is 5.80. The summed E-state index contributed by atoms with van der Waals surface area (Å²) >= 11 is 1.36. The molecule has 3 heterocycles. The Kier molecular flexibility index (Phi) is 4.16. The molecule has 0 radical (unpaired) electrons. The number of anilines is 1. The van der Waals surface area contributed by atoms with Crippen molar-refractivity contribution in [1.29, 1.82) is 0 Å². The van der Waals surface area contributed by atoms with Gasteiger partial charge in [-0.1, -0.05) is 0 Å². The molecule has 2 N–H and O–H groups in total. The molecule has 0 amide bonds. The second-order valence-corrected chi connectivity index (χ2v) is 7.03. The first-order valence-corrected chi connectivity index (χ1v) is 8.64. The molecule has 0 fully saturated rings. The number of alkyl halides is 3. The third kappa shape index (κ3) is 3.40. The number of hydrogen-bond acceptors (Lipinski definition) is 6. The summed E-state index contributed by atoms with van der Waals surface area (Å²) in [7, 11) is 0. The Bertz CT molecular complexity index is 981. The van der Waals surface area contributed by atoms with Gasteiger partial charge in [0.1, 0.15) is 5.75 Å². The van der Waals surface area contributed by atoms with Crippen LogP contribution in [0, 0.1) is 6.92 Å². The molecule has 0 spiro atoms.